The Balaban J connectivity index is 1.80. The molecule has 2 heterocycles. The van der Waals surface area contributed by atoms with Crippen LogP contribution in [-0.2, 0) is 10.3 Å². The van der Waals surface area contributed by atoms with Crippen LogP contribution in [-0.4, -0.2) is 39.9 Å². The first-order valence-corrected chi connectivity index (χ1v) is 12.6. The SMILES string of the molecule is CC(C)(C)OC(=O)N1CC[C@](O)(c2ccc(F)c(F)c2)[C@@H](c2onc(-c3cccc(Cl)c3Cl)c2Br)C1. The second-order valence-corrected chi connectivity index (χ2v) is 11.2. The number of nitrogens with zero attached hydrogens (tertiary/aromatic N) is 2. The third kappa shape index (κ3) is 5.11. The van der Waals surface area contributed by atoms with Gasteiger partial charge < -0.3 is 19.3 Å². The number of aliphatic hydroxyl groups is 1. The number of rotatable bonds is 3. The van der Waals surface area contributed by atoms with Crippen molar-refractivity contribution in [3.05, 3.63) is 73.9 Å². The Morgan fingerprint density at radius 1 is 1.25 bits per heavy atom. The van der Waals surface area contributed by atoms with Crippen LogP contribution in [0.3, 0.4) is 0 Å². The van der Waals surface area contributed by atoms with E-state index in [-0.39, 0.29) is 35.9 Å². The van der Waals surface area contributed by atoms with Crippen molar-refractivity contribution in [2.45, 2.75) is 44.3 Å². The van der Waals surface area contributed by atoms with Gasteiger partial charge >= 0.3 is 6.09 Å². The van der Waals surface area contributed by atoms with E-state index in [1.54, 1.807) is 39.0 Å². The molecule has 2 atom stereocenters. The summed E-state index contributed by atoms with van der Waals surface area (Å²) >= 11 is 16.0. The minimum Gasteiger partial charge on any atom is -0.444 e. The highest BCUT2D eigenvalue weighted by atomic mass is 79.9. The van der Waals surface area contributed by atoms with E-state index in [2.05, 4.69) is 21.1 Å². The average Bonchev–Trinajstić information content (AvgIpc) is 3.17. The predicted octanol–water partition coefficient (Wildman–Crippen LogP) is 7.30. The minimum absolute atomic E-state index is 0.00236. The molecule has 1 N–H and O–H groups in total. The van der Waals surface area contributed by atoms with Crippen molar-refractivity contribution < 1.29 is 27.9 Å². The summed E-state index contributed by atoms with van der Waals surface area (Å²) in [5.74, 6) is -2.86. The number of carbonyl (C=O) groups excluding carboxylic acids is 1. The molecular formula is C25H23BrCl2F2N2O4. The van der Waals surface area contributed by atoms with Crippen LogP contribution in [0, 0.1) is 11.6 Å². The van der Waals surface area contributed by atoms with Gasteiger partial charge in [0.1, 0.15) is 16.9 Å². The van der Waals surface area contributed by atoms with Gasteiger partial charge in [0.15, 0.2) is 17.4 Å². The average molecular weight is 604 g/mol. The van der Waals surface area contributed by atoms with Crippen molar-refractivity contribution in [2.75, 3.05) is 13.1 Å². The van der Waals surface area contributed by atoms with Gasteiger partial charge in [0, 0.05) is 18.7 Å². The summed E-state index contributed by atoms with van der Waals surface area (Å²) in [6, 6.07) is 8.25. The van der Waals surface area contributed by atoms with Crippen molar-refractivity contribution in [3.63, 3.8) is 0 Å². The van der Waals surface area contributed by atoms with Crippen LogP contribution >= 0.6 is 39.1 Å². The molecule has 0 spiro atoms. The van der Waals surface area contributed by atoms with E-state index < -0.39 is 34.8 Å². The highest BCUT2D eigenvalue weighted by Gasteiger charge is 2.49. The minimum atomic E-state index is -1.72. The lowest BCUT2D eigenvalue weighted by atomic mass is 9.74. The van der Waals surface area contributed by atoms with Crippen molar-refractivity contribution in [3.8, 4) is 11.3 Å². The standard InChI is InChI=1S/C25H23BrCl2F2N2O4/c1-24(2,3)35-23(33)32-10-9-25(34,13-7-8-17(29)18(30)11-13)15(12-32)22-19(26)21(31-36-22)14-5-4-6-16(27)20(14)28/h4-8,11,15,34H,9-10,12H2,1-3H3/t15-,25+/m1/s1. The maximum absolute atomic E-state index is 14.2. The van der Waals surface area contributed by atoms with Gasteiger partial charge in [0.25, 0.3) is 0 Å². The molecule has 11 heteroatoms. The number of hydrogen-bond donors (Lipinski definition) is 1. The van der Waals surface area contributed by atoms with Gasteiger partial charge in [0.05, 0.1) is 20.4 Å². The molecule has 3 aromatic rings. The number of aromatic nitrogens is 1. The Morgan fingerprint density at radius 2 is 1.97 bits per heavy atom. The number of likely N-dealkylation sites (tertiary alicyclic amines) is 1. The highest BCUT2D eigenvalue weighted by Crippen LogP contribution is 2.48. The first-order chi connectivity index (χ1) is 16.8. The Hall–Kier alpha value is -2.20. The first kappa shape index (κ1) is 26.9. The molecule has 1 aliphatic rings. The summed E-state index contributed by atoms with van der Waals surface area (Å²) in [4.78, 5) is 14.3. The number of ether oxygens (including phenoxy) is 1. The van der Waals surface area contributed by atoms with Crippen LogP contribution in [0.1, 0.15) is 44.4 Å². The third-order valence-corrected chi connectivity index (χ3v) is 7.58. The largest absolute Gasteiger partial charge is 0.444 e. The van der Waals surface area contributed by atoms with Crippen molar-refractivity contribution in [1.29, 1.82) is 0 Å². The fourth-order valence-corrected chi connectivity index (χ4v) is 5.23. The van der Waals surface area contributed by atoms with E-state index in [9.17, 15) is 18.7 Å². The number of hydrogen-bond acceptors (Lipinski definition) is 5. The third-order valence-electron chi connectivity index (χ3n) is 6.00. The molecule has 0 unspecified atom stereocenters. The zero-order chi connectivity index (χ0) is 26.4. The lowest BCUT2D eigenvalue weighted by Crippen LogP contribution is -2.51. The quantitative estimate of drug-likeness (QED) is 0.340. The van der Waals surface area contributed by atoms with Gasteiger partial charge in [-0.3, -0.25) is 0 Å². The lowest BCUT2D eigenvalue weighted by Gasteiger charge is -2.44. The molecule has 192 valence electrons. The summed E-state index contributed by atoms with van der Waals surface area (Å²) < 4.78 is 39.4. The van der Waals surface area contributed by atoms with Gasteiger partial charge in [-0.15, -0.1) is 0 Å². The van der Waals surface area contributed by atoms with E-state index in [1.807, 2.05) is 0 Å². The Labute approximate surface area is 225 Å². The monoisotopic (exact) mass is 602 g/mol. The summed E-state index contributed by atoms with van der Waals surface area (Å²) in [5, 5.41) is 16.6. The van der Waals surface area contributed by atoms with Crippen LogP contribution < -0.4 is 0 Å². The van der Waals surface area contributed by atoms with Gasteiger partial charge in [-0.1, -0.05) is 46.6 Å². The zero-order valence-corrected chi connectivity index (χ0v) is 22.7. The zero-order valence-electron chi connectivity index (χ0n) is 19.6. The normalized spacial score (nSPS) is 20.5. The first-order valence-electron chi connectivity index (χ1n) is 11.1. The fourth-order valence-electron chi connectivity index (χ4n) is 4.21. The molecule has 0 radical (unpaired) electrons. The Bertz CT molecular complexity index is 1310. The summed E-state index contributed by atoms with van der Waals surface area (Å²) in [5.41, 5.74) is -1.49. The summed E-state index contributed by atoms with van der Waals surface area (Å²) in [6.45, 7) is 5.31. The van der Waals surface area contributed by atoms with E-state index in [0.717, 1.165) is 12.1 Å². The number of amides is 1. The van der Waals surface area contributed by atoms with E-state index in [1.165, 1.54) is 11.0 Å². The molecule has 1 fully saturated rings. The lowest BCUT2D eigenvalue weighted by molar-refractivity contribution is -0.0590. The van der Waals surface area contributed by atoms with Crippen LogP contribution in [0.5, 0.6) is 0 Å². The van der Waals surface area contributed by atoms with Crippen molar-refractivity contribution in [1.82, 2.24) is 10.1 Å². The predicted molar refractivity (Wildman–Crippen MR) is 135 cm³/mol. The smallest absolute Gasteiger partial charge is 0.410 e. The van der Waals surface area contributed by atoms with E-state index in [4.69, 9.17) is 32.5 Å². The molecule has 1 saturated heterocycles. The summed E-state index contributed by atoms with van der Waals surface area (Å²) in [6.07, 6.45) is -0.573. The maximum Gasteiger partial charge on any atom is 0.410 e. The molecule has 1 aromatic heterocycles. The topological polar surface area (TPSA) is 75.8 Å². The van der Waals surface area contributed by atoms with Crippen LogP contribution in [0.15, 0.2) is 45.4 Å². The molecule has 36 heavy (non-hydrogen) atoms. The molecule has 0 saturated carbocycles. The Morgan fingerprint density at radius 3 is 2.64 bits per heavy atom. The molecular weight excluding hydrogens is 581 g/mol. The van der Waals surface area contributed by atoms with Crippen LogP contribution in [0.4, 0.5) is 13.6 Å². The molecule has 1 amide bonds. The van der Waals surface area contributed by atoms with Crippen molar-refractivity contribution >= 4 is 45.2 Å². The number of carbonyl (C=O) groups is 1. The fraction of sp³-hybridized carbons (Fsp3) is 0.360. The number of halogens is 5. The molecule has 0 aliphatic carbocycles. The van der Waals surface area contributed by atoms with Crippen molar-refractivity contribution in [2.24, 2.45) is 0 Å². The highest BCUT2D eigenvalue weighted by molar-refractivity contribution is 9.10. The molecule has 0 bridgehead atoms. The Kier molecular flexibility index (Phi) is 7.41. The summed E-state index contributed by atoms with van der Waals surface area (Å²) in [7, 11) is 0. The molecule has 1 aliphatic heterocycles. The molecule has 4 rings (SSSR count). The van der Waals surface area contributed by atoms with Gasteiger partial charge in [-0.2, -0.15) is 0 Å². The van der Waals surface area contributed by atoms with E-state index >= 15 is 0 Å². The van der Waals surface area contributed by atoms with Gasteiger partial charge in [0.2, 0.25) is 0 Å². The second-order valence-electron chi connectivity index (χ2n) is 9.59. The number of benzene rings is 2. The number of piperidine rings is 1. The van der Waals surface area contributed by atoms with E-state index in [0.29, 0.717) is 20.8 Å². The second kappa shape index (κ2) is 9.93. The van der Waals surface area contributed by atoms with Gasteiger partial charge in [-0.25, -0.2) is 13.6 Å². The maximum atomic E-state index is 14.2. The van der Waals surface area contributed by atoms with Crippen LogP contribution in [0.2, 0.25) is 10.0 Å². The molecule has 6 nitrogen and oxygen atoms in total. The van der Waals surface area contributed by atoms with Gasteiger partial charge in [-0.05, 0) is 66.9 Å². The molecule has 2 aromatic carbocycles. The van der Waals surface area contributed by atoms with Crippen LogP contribution in [0.25, 0.3) is 11.3 Å².